The van der Waals surface area contributed by atoms with Crippen LogP contribution in [0, 0.1) is 17.8 Å². The SMILES string of the molecule is CC(C)C(=O)CCC(=O)NCCCC(O)(P(C)(=O)O)P(=O)(O)O.CC(C)C(=O)CCC(=O)NCCCC(O)(P(C)(=O)O)P(=O)(O)O.CC(C)C(=O)NCCCC(C)(P(=O)(O)O)P(=O)(O)O. The van der Waals surface area contributed by atoms with Gasteiger partial charge in [0.25, 0.3) is 0 Å². The quantitative estimate of drug-likeness (QED) is 0.0412. The van der Waals surface area contributed by atoms with Crippen molar-refractivity contribution >= 4 is 74.4 Å². The number of nitrogens with one attached hydrogen (secondary N) is 3. The highest BCUT2D eigenvalue weighted by molar-refractivity contribution is 7.75. The fraction of sp³-hybridized carbons (Fsp3) is 0.848. The second kappa shape index (κ2) is 27.7. The van der Waals surface area contributed by atoms with Gasteiger partial charge in [0.2, 0.25) is 42.6 Å². The molecule has 0 bridgehead atoms. The third-order valence-electron chi connectivity index (χ3n) is 9.67. The molecule has 0 rings (SSSR count). The van der Waals surface area contributed by atoms with Gasteiger partial charge in [-0.15, -0.1) is 0 Å². The van der Waals surface area contributed by atoms with Gasteiger partial charge >= 0.3 is 30.4 Å². The maximum absolute atomic E-state index is 11.5. The Morgan fingerprint density at radius 1 is 0.446 bits per heavy atom. The second-order valence-electron chi connectivity index (χ2n) is 16.4. The molecule has 0 aliphatic rings. The molecule has 0 fully saturated rings. The number of amides is 3. The van der Waals surface area contributed by atoms with Crippen molar-refractivity contribution in [3.63, 3.8) is 0 Å². The summed E-state index contributed by atoms with van der Waals surface area (Å²) < 4.78 is 68.1. The number of rotatable bonds is 27. The standard InChI is InChI=1S/2C12H25NO8P2.C9H21NO7P2/c2*1-9(2)10(14)5-6-11(15)13-8-4-7-12(16,22(3,17)18)23(19,20)21;1-7(2)8(11)10-6-4-5-9(3,18(12,13)14)19(15,16)17/h2*9,16H,4-8H2,1-3H3,(H,13,15)(H,17,18)(H2,19,20,21);7H,4-6H2,1-3H3,(H,10,11)(H2,12,13,14)(H2,15,16,17). The first-order valence-corrected chi connectivity index (χ1v) is 30.6. The second-order valence-corrected chi connectivity index (χ2v) is 30.3. The number of carbonyl (C=O) groups excluding carboxylic acids is 5. The summed E-state index contributed by atoms with van der Waals surface area (Å²) in [6.45, 7) is 12.5. The van der Waals surface area contributed by atoms with Crippen LogP contribution >= 0.6 is 45.1 Å². The van der Waals surface area contributed by atoms with Crippen LogP contribution < -0.4 is 16.0 Å². The fourth-order valence-corrected chi connectivity index (χ4v) is 13.0. The Balaban J connectivity index is -0.000000892. The van der Waals surface area contributed by atoms with Crippen LogP contribution in [0.25, 0.3) is 0 Å². The van der Waals surface area contributed by atoms with Gasteiger partial charge in [0.1, 0.15) is 11.6 Å². The van der Waals surface area contributed by atoms with Crippen molar-refractivity contribution in [2.24, 2.45) is 17.8 Å². The van der Waals surface area contributed by atoms with Crippen molar-refractivity contribution in [1.82, 2.24) is 16.0 Å². The van der Waals surface area contributed by atoms with E-state index in [4.69, 9.17) is 39.1 Å². The largest absolute Gasteiger partial charge is 0.369 e. The Kier molecular flexibility index (Phi) is 29.0. The molecular formula is C33H71N3O23P6. The van der Waals surface area contributed by atoms with E-state index in [1.807, 2.05) is 0 Å². The van der Waals surface area contributed by atoms with Crippen molar-refractivity contribution in [3.05, 3.63) is 0 Å². The van der Waals surface area contributed by atoms with Crippen LogP contribution in [-0.2, 0) is 51.4 Å². The third-order valence-corrected chi connectivity index (χ3v) is 23.4. The molecule has 4 unspecified atom stereocenters. The lowest BCUT2D eigenvalue weighted by atomic mass is 10.0. The van der Waals surface area contributed by atoms with Gasteiger partial charge in [0.15, 0.2) is 4.90 Å². The van der Waals surface area contributed by atoms with E-state index in [0.29, 0.717) is 13.3 Å². The van der Waals surface area contributed by atoms with Gasteiger partial charge in [0, 0.05) is 76.4 Å². The molecular weight excluding hydrogens is 992 g/mol. The minimum atomic E-state index is -5.22. The van der Waals surface area contributed by atoms with Crippen LogP contribution in [0.3, 0.4) is 0 Å². The maximum atomic E-state index is 11.5. The lowest BCUT2D eigenvalue weighted by Crippen LogP contribution is -2.31. The molecule has 0 saturated heterocycles. The summed E-state index contributed by atoms with van der Waals surface area (Å²) in [6.07, 6.45) is -1.66. The molecule has 0 aromatic rings. The molecule has 65 heavy (non-hydrogen) atoms. The highest BCUT2D eigenvalue weighted by Gasteiger charge is 2.57. The smallest absolute Gasteiger partial charge is 0.366 e. The minimum absolute atomic E-state index is 0.00789. The van der Waals surface area contributed by atoms with E-state index < -0.39 is 84.8 Å². The van der Waals surface area contributed by atoms with E-state index in [9.17, 15) is 71.4 Å². The number of Topliss-reactive ketones (excluding diaryl/α,β-unsaturated/α-hetero) is 2. The summed E-state index contributed by atoms with van der Waals surface area (Å²) >= 11 is 0. The van der Waals surface area contributed by atoms with Gasteiger partial charge < -0.3 is 75.1 Å². The first-order valence-electron chi connectivity index (χ1n) is 19.9. The molecule has 386 valence electrons. The monoisotopic (exact) mass is 1060 g/mol. The highest BCUT2D eigenvalue weighted by Crippen LogP contribution is 2.71. The molecule has 0 heterocycles. The van der Waals surface area contributed by atoms with Crippen molar-refractivity contribution in [1.29, 1.82) is 0 Å². The molecule has 0 spiro atoms. The van der Waals surface area contributed by atoms with Crippen molar-refractivity contribution in [2.75, 3.05) is 33.0 Å². The Morgan fingerprint density at radius 3 is 0.954 bits per heavy atom. The minimum Gasteiger partial charge on any atom is -0.369 e. The van der Waals surface area contributed by atoms with E-state index in [1.54, 1.807) is 41.5 Å². The van der Waals surface area contributed by atoms with E-state index in [-0.39, 0.29) is 106 Å². The molecule has 26 nitrogen and oxygen atoms in total. The van der Waals surface area contributed by atoms with Gasteiger partial charge in [0.05, 0.1) is 0 Å². The number of hydrogen-bond acceptors (Lipinski definition) is 13. The molecule has 0 radical (unpaired) electrons. The normalized spacial score (nSPS) is 16.3. The lowest BCUT2D eigenvalue weighted by Gasteiger charge is -2.30. The van der Waals surface area contributed by atoms with Crippen LogP contribution in [0.15, 0.2) is 0 Å². The average Bonchev–Trinajstić information content (AvgIpc) is 3.11. The Bertz CT molecular complexity index is 1710. The highest BCUT2D eigenvalue weighted by atomic mass is 31.2. The van der Waals surface area contributed by atoms with Crippen LogP contribution in [0.1, 0.15) is 113 Å². The van der Waals surface area contributed by atoms with Gasteiger partial charge in [-0.05, 0) is 45.4 Å². The first kappa shape index (κ1) is 67.9. The number of ketones is 2. The number of carbonyl (C=O) groups is 5. The molecule has 4 atom stereocenters. The molecule has 15 N–H and O–H groups in total. The lowest BCUT2D eigenvalue weighted by molar-refractivity contribution is -0.126. The summed E-state index contributed by atoms with van der Waals surface area (Å²) in [5, 5.41) is 21.0. The third kappa shape index (κ3) is 23.7. The topological polar surface area (TPSA) is 467 Å². The Morgan fingerprint density at radius 2 is 0.723 bits per heavy atom. The molecule has 0 aromatic heterocycles. The molecule has 32 heteroatoms. The summed E-state index contributed by atoms with van der Waals surface area (Å²) in [7, 11) is -29.3. The Labute approximate surface area is 378 Å². The van der Waals surface area contributed by atoms with Crippen LogP contribution in [0.4, 0.5) is 0 Å². The summed E-state index contributed by atoms with van der Waals surface area (Å²) in [4.78, 5) is 146. The summed E-state index contributed by atoms with van der Waals surface area (Å²) in [5.74, 6) is -1.71. The van der Waals surface area contributed by atoms with Crippen molar-refractivity contribution in [2.45, 2.75) is 128 Å². The fourth-order valence-electron chi connectivity index (χ4n) is 4.82. The Hall–Kier alpha value is -1.35. The predicted octanol–water partition coefficient (Wildman–Crippen LogP) is 1.83. The first-order chi connectivity index (χ1) is 28.8. The van der Waals surface area contributed by atoms with Gasteiger partial charge in [-0.2, -0.15) is 0 Å². The predicted molar refractivity (Wildman–Crippen MR) is 238 cm³/mol. The van der Waals surface area contributed by atoms with Crippen LogP contribution in [-0.4, -0.2) is 136 Å². The average molecular weight is 1060 g/mol. The maximum Gasteiger partial charge on any atom is 0.366 e. The zero-order valence-electron chi connectivity index (χ0n) is 38.0. The van der Waals surface area contributed by atoms with Gasteiger partial charge in [-0.3, -0.25) is 51.4 Å². The van der Waals surface area contributed by atoms with Crippen LogP contribution in [0.5, 0.6) is 0 Å². The van der Waals surface area contributed by atoms with Crippen molar-refractivity contribution in [3.8, 4) is 0 Å². The summed E-state index contributed by atoms with van der Waals surface area (Å²) in [6, 6.07) is 0. The van der Waals surface area contributed by atoms with Gasteiger partial charge in [-0.25, -0.2) is 0 Å². The van der Waals surface area contributed by atoms with E-state index in [2.05, 4.69) is 16.0 Å². The van der Waals surface area contributed by atoms with Crippen LogP contribution in [0.2, 0.25) is 0 Å². The zero-order chi connectivity index (χ0) is 52.4. The molecule has 0 aromatic carbocycles. The molecule has 0 aliphatic heterocycles. The van der Waals surface area contributed by atoms with E-state index in [1.165, 1.54) is 0 Å². The van der Waals surface area contributed by atoms with E-state index >= 15 is 0 Å². The van der Waals surface area contributed by atoms with Crippen molar-refractivity contribution < 1.29 is 111 Å². The number of hydrogen-bond donors (Lipinski definition) is 15. The molecule has 0 aliphatic carbocycles. The molecule has 0 saturated carbocycles. The van der Waals surface area contributed by atoms with E-state index in [0.717, 1.165) is 6.92 Å². The number of aliphatic hydroxyl groups is 2. The van der Waals surface area contributed by atoms with Gasteiger partial charge in [-0.1, -0.05) is 41.5 Å². The zero-order valence-corrected chi connectivity index (χ0v) is 43.3. The molecule has 3 amide bonds. The summed E-state index contributed by atoms with van der Waals surface area (Å²) in [5.41, 5.74) is 0.